The molecule has 1 atom stereocenters. The zero-order valence-electron chi connectivity index (χ0n) is 17.6. The molecule has 0 bridgehead atoms. The van der Waals surface area contributed by atoms with Gasteiger partial charge in [0.25, 0.3) is 0 Å². The van der Waals surface area contributed by atoms with E-state index in [4.69, 9.17) is 9.47 Å². The van der Waals surface area contributed by atoms with Crippen molar-refractivity contribution in [2.24, 2.45) is 0 Å². The zero-order valence-corrected chi connectivity index (χ0v) is 17.6. The van der Waals surface area contributed by atoms with Gasteiger partial charge in [0.15, 0.2) is 0 Å². The molecule has 156 valence electrons. The third-order valence-corrected chi connectivity index (χ3v) is 4.53. The van der Waals surface area contributed by atoms with E-state index in [9.17, 15) is 4.79 Å². The molecule has 1 unspecified atom stereocenters. The Morgan fingerprint density at radius 3 is 2.41 bits per heavy atom. The van der Waals surface area contributed by atoms with E-state index in [2.05, 4.69) is 29.6 Å². The summed E-state index contributed by atoms with van der Waals surface area (Å²) in [6, 6.07) is 17.7. The smallest absolute Gasteiger partial charge is 0.239 e. The summed E-state index contributed by atoms with van der Waals surface area (Å²) >= 11 is 0. The van der Waals surface area contributed by atoms with Crippen LogP contribution in [-0.4, -0.2) is 51.2 Å². The number of hydrogen-bond acceptors (Lipinski definition) is 4. The molecule has 0 heterocycles. The Morgan fingerprint density at radius 2 is 1.76 bits per heavy atom. The number of carbonyl (C=O) groups excluding carboxylic acids is 1. The lowest BCUT2D eigenvalue weighted by atomic mass is 10.0. The predicted molar refractivity (Wildman–Crippen MR) is 117 cm³/mol. The van der Waals surface area contributed by atoms with E-state index in [1.807, 2.05) is 42.5 Å². The van der Waals surface area contributed by atoms with Crippen molar-refractivity contribution in [3.63, 3.8) is 0 Å². The van der Waals surface area contributed by atoms with Gasteiger partial charge in [0.1, 0.15) is 5.75 Å². The largest absolute Gasteiger partial charge is 0.497 e. The van der Waals surface area contributed by atoms with Gasteiger partial charge >= 0.3 is 0 Å². The van der Waals surface area contributed by atoms with Gasteiger partial charge in [-0.1, -0.05) is 54.6 Å². The summed E-state index contributed by atoms with van der Waals surface area (Å²) in [5, 5.41) is 3.34. The van der Waals surface area contributed by atoms with E-state index < -0.39 is 0 Å². The van der Waals surface area contributed by atoms with Crippen LogP contribution in [0.15, 0.2) is 66.7 Å². The topological polar surface area (TPSA) is 50.8 Å². The first-order valence-corrected chi connectivity index (χ1v) is 9.94. The second kappa shape index (κ2) is 12.8. The minimum atomic E-state index is -0.266. The third kappa shape index (κ3) is 8.50. The van der Waals surface area contributed by atoms with Crippen LogP contribution in [0.3, 0.4) is 0 Å². The maximum atomic E-state index is 12.5. The number of benzene rings is 2. The zero-order chi connectivity index (χ0) is 20.9. The van der Waals surface area contributed by atoms with Gasteiger partial charge in [-0.25, -0.2) is 0 Å². The van der Waals surface area contributed by atoms with Crippen LogP contribution < -0.4 is 10.1 Å². The van der Waals surface area contributed by atoms with Gasteiger partial charge in [-0.15, -0.1) is 0 Å². The molecule has 0 saturated carbocycles. The van der Waals surface area contributed by atoms with Gasteiger partial charge in [0.2, 0.25) is 5.91 Å². The molecule has 0 saturated heterocycles. The lowest BCUT2D eigenvalue weighted by molar-refractivity contribution is -0.130. The van der Waals surface area contributed by atoms with Gasteiger partial charge in [0, 0.05) is 20.6 Å². The Labute approximate surface area is 174 Å². The molecule has 0 aliphatic rings. The number of hydrogen-bond donors (Lipinski definition) is 1. The van der Waals surface area contributed by atoms with E-state index in [0.717, 1.165) is 17.7 Å². The molecule has 0 aliphatic carbocycles. The fourth-order valence-corrected chi connectivity index (χ4v) is 2.88. The van der Waals surface area contributed by atoms with Crippen molar-refractivity contribution in [2.75, 3.05) is 34.4 Å². The highest BCUT2D eigenvalue weighted by molar-refractivity contribution is 5.81. The third-order valence-electron chi connectivity index (χ3n) is 4.53. The summed E-state index contributed by atoms with van der Waals surface area (Å²) in [4.78, 5) is 14.1. The summed E-state index contributed by atoms with van der Waals surface area (Å²) in [6.45, 7) is 1.95. The molecule has 1 amide bonds. The van der Waals surface area contributed by atoms with Crippen LogP contribution >= 0.6 is 0 Å². The van der Waals surface area contributed by atoms with Crippen molar-refractivity contribution < 1.29 is 14.3 Å². The standard InChI is InChI=1S/C24H32N2O3/c1-26(2)24(27)23(18-20-12-14-22(28-3)15-13-20)25-16-8-5-9-17-29-19-21-10-6-4-7-11-21/h4-8,10-15,23,25H,9,16-19H2,1-3H3/b8-5-. The molecule has 0 spiro atoms. The molecule has 2 aromatic carbocycles. The summed E-state index contributed by atoms with van der Waals surface area (Å²) in [7, 11) is 5.21. The van der Waals surface area contributed by atoms with Crippen LogP contribution in [0.25, 0.3) is 0 Å². The van der Waals surface area contributed by atoms with Gasteiger partial charge in [-0.05, 0) is 36.1 Å². The molecule has 0 radical (unpaired) electrons. The second-order valence-corrected chi connectivity index (χ2v) is 7.04. The van der Waals surface area contributed by atoms with E-state index >= 15 is 0 Å². The Balaban J connectivity index is 1.73. The minimum absolute atomic E-state index is 0.0698. The molecule has 2 aromatic rings. The Hall–Kier alpha value is -2.63. The maximum Gasteiger partial charge on any atom is 0.239 e. The number of carbonyl (C=O) groups is 1. The molecule has 2 rings (SSSR count). The quantitative estimate of drug-likeness (QED) is 0.441. The van der Waals surface area contributed by atoms with E-state index in [-0.39, 0.29) is 11.9 Å². The lowest BCUT2D eigenvalue weighted by Crippen LogP contribution is -2.45. The normalized spacial score (nSPS) is 12.1. The van der Waals surface area contributed by atoms with Gasteiger partial charge in [-0.3, -0.25) is 4.79 Å². The van der Waals surface area contributed by atoms with Crippen LogP contribution in [-0.2, 0) is 22.6 Å². The average molecular weight is 397 g/mol. The molecule has 0 aromatic heterocycles. The molecule has 1 N–H and O–H groups in total. The minimum Gasteiger partial charge on any atom is -0.497 e. The lowest BCUT2D eigenvalue weighted by Gasteiger charge is -2.21. The first-order chi connectivity index (χ1) is 14.1. The Bertz CT molecular complexity index is 742. The van der Waals surface area contributed by atoms with E-state index in [0.29, 0.717) is 26.2 Å². The number of nitrogens with zero attached hydrogens (tertiary/aromatic N) is 1. The predicted octanol–water partition coefficient (Wildman–Crippen LogP) is 3.45. The monoisotopic (exact) mass is 396 g/mol. The summed E-state index contributed by atoms with van der Waals surface area (Å²) in [5.41, 5.74) is 2.28. The second-order valence-electron chi connectivity index (χ2n) is 7.04. The average Bonchev–Trinajstić information content (AvgIpc) is 2.75. The van der Waals surface area contributed by atoms with Crippen molar-refractivity contribution in [1.29, 1.82) is 0 Å². The fourth-order valence-electron chi connectivity index (χ4n) is 2.88. The molecule has 0 aliphatic heterocycles. The first kappa shape index (κ1) is 22.7. The highest BCUT2D eigenvalue weighted by Crippen LogP contribution is 2.13. The molecule has 5 nitrogen and oxygen atoms in total. The van der Waals surface area contributed by atoms with E-state index in [1.54, 1.807) is 26.1 Å². The Morgan fingerprint density at radius 1 is 1.03 bits per heavy atom. The first-order valence-electron chi connectivity index (χ1n) is 9.94. The molecular formula is C24H32N2O3. The highest BCUT2D eigenvalue weighted by Gasteiger charge is 2.19. The molecule has 5 heteroatoms. The van der Waals surface area contributed by atoms with Crippen LogP contribution in [0.5, 0.6) is 5.75 Å². The molecule has 29 heavy (non-hydrogen) atoms. The number of nitrogens with one attached hydrogen (secondary N) is 1. The maximum absolute atomic E-state index is 12.5. The summed E-state index contributed by atoms with van der Waals surface area (Å²) in [5.74, 6) is 0.884. The van der Waals surface area contributed by atoms with E-state index in [1.165, 1.54) is 5.56 Å². The SMILES string of the molecule is COc1ccc(CC(NC/C=C\CCOCc2ccccc2)C(=O)N(C)C)cc1. The van der Waals surface area contributed by atoms with Crippen molar-refractivity contribution in [1.82, 2.24) is 10.2 Å². The fraction of sp³-hybridized carbons (Fsp3) is 0.375. The number of ether oxygens (including phenoxy) is 2. The van der Waals surface area contributed by atoms with Gasteiger partial charge in [-0.2, -0.15) is 0 Å². The number of rotatable bonds is 12. The van der Waals surface area contributed by atoms with Crippen molar-refractivity contribution in [3.8, 4) is 5.75 Å². The number of methoxy groups -OCH3 is 1. The highest BCUT2D eigenvalue weighted by atomic mass is 16.5. The van der Waals surface area contributed by atoms with Crippen LogP contribution in [0.2, 0.25) is 0 Å². The van der Waals surface area contributed by atoms with Gasteiger partial charge in [0.05, 0.1) is 26.4 Å². The molecular weight excluding hydrogens is 364 g/mol. The summed E-state index contributed by atoms with van der Waals surface area (Å²) in [6.07, 6.45) is 5.62. The van der Waals surface area contributed by atoms with Crippen LogP contribution in [0.4, 0.5) is 0 Å². The van der Waals surface area contributed by atoms with Gasteiger partial charge < -0.3 is 19.7 Å². The summed E-state index contributed by atoms with van der Waals surface area (Å²) < 4.78 is 10.9. The van der Waals surface area contributed by atoms with Crippen LogP contribution in [0.1, 0.15) is 17.5 Å². The Kier molecular flexibility index (Phi) is 9.96. The number of likely N-dealkylation sites (N-methyl/N-ethyl adjacent to an activating group) is 1. The van der Waals surface area contributed by atoms with Crippen molar-refractivity contribution >= 4 is 5.91 Å². The molecule has 0 fully saturated rings. The number of amides is 1. The van der Waals surface area contributed by atoms with Crippen molar-refractivity contribution in [2.45, 2.75) is 25.5 Å². The van der Waals surface area contributed by atoms with Crippen LogP contribution in [0, 0.1) is 0 Å². The van der Waals surface area contributed by atoms with Crippen molar-refractivity contribution in [3.05, 3.63) is 77.9 Å².